The van der Waals surface area contributed by atoms with E-state index in [1.54, 1.807) is 6.07 Å². The lowest BCUT2D eigenvalue weighted by molar-refractivity contribution is 0.578. The summed E-state index contributed by atoms with van der Waals surface area (Å²) in [5, 5.41) is 0. The Labute approximate surface area is 111 Å². The largest absolute Gasteiger partial charge is 0.389 e. The summed E-state index contributed by atoms with van der Waals surface area (Å²) in [7, 11) is -3.40. The second kappa shape index (κ2) is 6.44. The Morgan fingerprint density at radius 2 is 2.18 bits per heavy atom. The second-order valence-corrected chi connectivity index (χ2v) is 7.11. The maximum Gasteiger partial charge on any atom is 0.250 e. The molecule has 1 heterocycles. The summed E-state index contributed by atoms with van der Waals surface area (Å²) < 4.78 is 26.5. The third-order valence-corrected chi connectivity index (χ3v) is 5.58. The van der Waals surface area contributed by atoms with E-state index >= 15 is 0 Å². The van der Waals surface area contributed by atoms with Crippen LogP contribution in [0, 0.1) is 0 Å². The van der Waals surface area contributed by atoms with Crippen LogP contribution in [0.4, 0.5) is 0 Å². The maximum absolute atomic E-state index is 11.8. The molecule has 0 saturated heterocycles. The van der Waals surface area contributed by atoms with Gasteiger partial charge in [-0.1, -0.05) is 32.0 Å². The molecule has 0 spiro atoms. The predicted octanol–water partition coefficient (Wildman–Crippen LogP) is 1.85. The third kappa shape index (κ3) is 4.34. The van der Waals surface area contributed by atoms with Crippen LogP contribution in [0.25, 0.3) is 0 Å². The molecule has 1 rings (SSSR count). The van der Waals surface area contributed by atoms with Crippen molar-refractivity contribution < 1.29 is 8.42 Å². The van der Waals surface area contributed by atoms with E-state index in [0.717, 1.165) is 30.6 Å². The van der Waals surface area contributed by atoms with E-state index in [2.05, 4.69) is 11.6 Å². The van der Waals surface area contributed by atoms with Crippen molar-refractivity contribution in [1.82, 2.24) is 4.72 Å². The Hall–Kier alpha value is -0.500. The van der Waals surface area contributed by atoms with E-state index in [1.165, 1.54) is 6.07 Å². The third-order valence-electron chi connectivity index (χ3n) is 2.16. The van der Waals surface area contributed by atoms with Crippen molar-refractivity contribution in [2.45, 2.75) is 30.4 Å². The van der Waals surface area contributed by atoms with Crippen LogP contribution < -0.4 is 10.5 Å². The molecule has 0 radical (unpaired) electrons. The molecule has 1 aromatic rings. The zero-order chi connectivity index (χ0) is 12.9. The number of nitrogens with one attached hydrogen (secondary N) is 1. The van der Waals surface area contributed by atoms with Gasteiger partial charge in [-0.2, -0.15) is 0 Å². The monoisotopic (exact) mass is 292 g/mol. The van der Waals surface area contributed by atoms with Gasteiger partial charge in [-0.15, -0.1) is 11.3 Å². The van der Waals surface area contributed by atoms with Crippen LogP contribution >= 0.6 is 23.6 Å². The Morgan fingerprint density at radius 3 is 2.71 bits per heavy atom. The number of rotatable bonds is 7. The van der Waals surface area contributed by atoms with Crippen LogP contribution in [0.2, 0.25) is 0 Å². The summed E-state index contributed by atoms with van der Waals surface area (Å²) in [6.45, 7) is 2.54. The molecule has 4 nitrogen and oxygen atoms in total. The molecule has 1 aromatic heterocycles. The van der Waals surface area contributed by atoms with Crippen molar-refractivity contribution in [3.63, 3.8) is 0 Å². The van der Waals surface area contributed by atoms with Crippen LogP contribution in [0.1, 0.15) is 31.1 Å². The van der Waals surface area contributed by atoms with Gasteiger partial charge in [-0.25, -0.2) is 13.1 Å². The fraction of sp³-hybridized carbons (Fsp3) is 0.500. The first kappa shape index (κ1) is 14.6. The van der Waals surface area contributed by atoms with Gasteiger partial charge in [-0.05, 0) is 18.6 Å². The quantitative estimate of drug-likeness (QED) is 0.594. The molecule has 0 fully saturated rings. The number of thiophene rings is 1. The summed E-state index contributed by atoms with van der Waals surface area (Å²) in [4.78, 5) is 0.844. The SMILES string of the molecule is CCCCCNS(=O)(=O)c1ccc(C(N)=S)s1. The molecule has 0 bridgehead atoms. The Bertz CT molecular complexity index is 479. The van der Waals surface area contributed by atoms with Crippen LogP contribution in [0.15, 0.2) is 16.3 Å². The van der Waals surface area contributed by atoms with Gasteiger partial charge in [0.2, 0.25) is 10.0 Å². The van der Waals surface area contributed by atoms with Crippen LogP contribution in [0.3, 0.4) is 0 Å². The minimum absolute atomic E-state index is 0.224. The molecule has 7 heteroatoms. The Morgan fingerprint density at radius 1 is 1.47 bits per heavy atom. The smallest absolute Gasteiger partial charge is 0.250 e. The summed E-state index contributed by atoms with van der Waals surface area (Å²) in [5.74, 6) is 0. The predicted molar refractivity (Wildman–Crippen MR) is 74.9 cm³/mol. The Balaban J connectivity index is 2.66. The lowest BCUT2D eigenvalue weighted by Gasteiger charge is -2.03. The number of hydrogen-bond acceptors (Lipinski definition) is 4. The maximum atomic E-state index is 11.8. The van der Waals surface area contributed by atoms with Gasteiger partial charge in [0.05, 0.1) is 4.88 Å². The van der Waals surface area contributed by atoms with Crippen LogP contribution in [0.5, 0.6) is 0 Å². The molecule has 0 unspecified atom stereocenters. The van der Waals surface area contributed by atoms with E-state index in [9.17, 15) is 8.42 Å². The van der Waals surface area contributed by atoms with E-state index in [-0.39, 0.29) is 9.20 Å². The van der Waals surface area contributed by atoms with Gasteiger partial charge in [0.1, 0.15) is 9.20 Å². The van der Waals surface area contributed by atoms with Gasteiger partial charge in [0, 0.05) is 6.54 Å². The highest BCUT2D eigenvalue weighted by molar-refractivity contribution is 7.91. The lowest BCUT2D eigenvalue weighted by Crippen LogP contribution is -2.23. The summed E-state index contributed by atoms with van der Waals surface area (Å²) in [6.07, 6.45) is 2.93. The molecular formula is C10H16N2O2S3. The fourth-order valence-electron chi connectivity index (χ4n) is 1.25. The van der Waals surface area contributed by atoms with E-state index in [4.69, 9.17) is 18.0 Å². The minimum Gasteiger partial charge on any atom is -0.389 e. The van der Waals surface area contributed by atoms with Gasteiger partial charge in [-0.3, -0.25) is 0 Å². The highest BCUT2D eigenvalue weighted by atomic mass is 32.2. The summed E-state index contributed by atoms with van der Waals surface area (Å²) >= 11 is 5.89. The second-order valence-electron chi connectivity index (χ2n) is 3.59. The Kier molecular flexibility index (Phi) is 5.51. The molecule has 0 aliphatic heterocycles. The number of thiocarbonyl (C=S) groups is 1. The first-order chi connectivity index (χ1) is 7.97. The van der Waals surface area contributed by atoms with E-state index in [1.807, 2.05) is 0 Å². The average Bonchev–Trinajstić information content (AvgIpc) is 2.74. The van der Waals surface area contributed by atoms with Gasteiger partial charge in [0.25, 0.3) is 0 Å². The number of unbranched alkanes of at least 4 members (excludes halogenated alkanes) is 2. The number of hydrogen-bond donors (Lipinski definition) is 2. The van der Waals surface area contributed by atoms with Crippen LogP contribution in [-0.2, 0) is 10.0 Å². The molecule has 0 amide bonds. The molecule has 0 saturated carbocycles. The molecule has 0 atom stereocenters. The first-order valence-corrected chi connectivity index (χ1v) is 8.07. The van der Waals surface area contributed by atoms with Crippen molar-refractivity contribution in [1.29, 1.82) is 0 Å². The van der Waals surface area contributed by atoms with Crippen molar-refractivity contribution >= 4 is 38.6 Å². The van der Waals surface area contributed by atoms with E-state index in [0.29, 0.717) is 11.4 Å². The standard InChI is InChI=1S/C10H16N2O2S3/c1-2-3-4-7-12-17(13,14)9-6-5-8(16-9)10(11)15/h5-6,12H,2-4,7H2,1H3,(H2,11,15). The van der Waals surface area contributed by atoms with Crippen LogP contribution in [-0.4, -0.2) is 20.0 Å². The molecule has 17 heavy (non-hydrogen) atoms. The van der Waals surface area contributed by atoms with Crippen molar-refractivity contribution in [3.8, 4) is 0 Å². The molecule has 0 aromatic carbocycles. The van der Waals surface area contributed by atoms with Gasteiger partial charge >= 0.3 is 0 Å². The average molecular weight is 292 g/mol. The molecule has 96 valence electrons. The zero-order valence-corrected chi connectivity index (χ0v) is 12.1. The number of nitrogens with two attached hydrogens (primary N) is 1. The molecule has 3 N–H and O–H groups in total. The minimum atomic E-state index is -3.40. The van der Waals surface area contributed by atoms with Gasteiger partial charge in [0.15, 0.2) is 0 Å². The fourth-order valence-corrected chi connectivity index (χ4v) is 3.72. The molecule has 0 aliphatic carbocycles. The first-order valence-electron chi connectivity index (χ1n) is 5.36. The van der Waals surface area contributed by atoms with Gasteiger partial charge < -0.3 is 5.73 Å². The highest BCUT2D eigenvalue weighted by Gasteiger charge is 2.16. The highest BCUT2D eigenvalue weighted by Crippen LogP contribution is 2.21. The molecule has 0 aliphatic rings. The normalized spacial score (nSPS) is 11.6. The summed E-state index contributed by atoms with van der Waals surface area (Å²) in [6, 6.07) is 3.16. The van der Waals surface area contributed by atoms with E-state index < -0.39 is 10.0 Å². The topological polar surface area (TPSA) is 72.2 Å². The zero-order valence-electron chi connectivity index (χ0n) is 9.60. The molecular weight excluding hydrogens is 276 g/mol. The van der Waals surface area contributed by atoms with Crippen molar-refractivity contribution in [2.24, 2.45) is 5.73 Å². The lowest BCUT2D eigenvalue weighted by atomic mass is 10.3. The van der Waals surface area contributed by atoms with Crippen molar-refractivity contribution in [3.05, 3.63) is 17.0 Å². The summed E-state index contributed by atoms with van der Waals surface area (Å²) in [5.41, 5.74) is 5.44. The van der Waals surface area contributed by atoms with Crippen molar-refractivity contribution in [2.75, 3.05) is 6.54 Å². The number of sulfonamides is 1.